The smallest absolute Gasteiger partial charge is 0.174 e. The van der Waals surface area contributed by atoms with Gasteiger partial charge >= 0.3 is 0 Å². The van der Waals surface area contributed by atoms with Gasteiger partial charge in [0, 0.05) is 21.4 Å². The van der Waals surface area contributed by atoms with E-state index in [0.717, 1.165) is 31.8 Å². The Labute approximate surface area is 205 Å². The van der Waals surface area contributed by atoms with Gasteiger partial charge < -0.3 is 10.6 Å². The molecule has 0 radical (unpaired) electrons. The van der Waals surface area contributed by atoms with Gasteiger partial charge in [-0.05, 0) is 72.8 Å². The molecule has 33 heavy (non-hydrogen) atoms. The lowest BCUT2D eigenvalue weighted by Gasteiger charge is -2.11. The third kappa shape index (κ3) is 5.17. The zero-order valence-electron chi connectivity index (χ0n) is 17.3. The summed E-state index contributed by atoms with van der Waals surface area (Å²) in [6.45, 7) is 0. The molecule has 0 bridgehead atoms. The van der Waals surface area contributed by atoms with Crippen molar-refractivity contribution in [2.75, 3.05) is 10.6 Å². The second kappa shape index (κ2) is 9.63. The second-order valence-corrected chi connectivity index (χ2v) is 9.18. The number of benzene rings is 4. The lowest BCUT2D eigenvalue weighted by atomic mass is 10.3. The lowest BCUT2D eigenvalue weighted by Crippen LogP contribution is -2.00. The summed E-state index contributed by atoms with van der Waals surface area (Å²) in [6, 6.07) is 31.1. The molecule has 0 aliphatic rings. The van der Waals surface area contributed by atoms with Crippen LogP contribution in [-0.4, -0.2) is 9.97 Å². The molecule has 4 nitrogen and oxygen atoms in total. The molecule has 0 spiro atoms. The molecule has 162 valence electrons. The molecule has 0 aliphatic heterocycles. The SMILES string of the molecule is Clc1ccc(Nc2nc3ccccc3sc3ccccc3nc2Nc2ccc(Cl)cc2)cc1. The second-order valence-electron chi connectivity index (χ2n) is 7.22. The van der Waals surface area contributed by atoms with E-state index >= 15 is 0 Å². The minimum absolute atomic E-state index is 0.581. The highest BCUT2D eigenvalue weighted by Crippen LogP contribution is 2.29. The van der Waals surface area contributed by atoms with Crippen molar-refractivity contribution in [1.82, 2.24) is 9.97 Å². The van der Waals surface area contributed by atoms with E-state index in [-0.39, 0.29) is 0 Å². The standard InChI is InChI=1S/C26H18Cl2N4S/c27-17-9-13-19(14-10-17)29-25-26(30-20-15-11-18(28)12-16-20)32-22-6-2-4-8-24(22)33-23-7-3-1-5-21(23)31-25/h1-16H,(H,29,31)(H,30,32). The van der Waals surface area contributed by atoms with Gasteiger partial charge in [0.05, 0.1) is 20.4 Å². The highest BCUT2D eigenvalue weighted by atomic mass is 35.5. The molecule has 4 aromatic carbocycles. The maximum Gasteiger partial charge on any atom is 0.174 e. The minimum atomic E-state index is 0.581. The summed E-state index contributed by atoms with van der Waals surface area (Å²) >= 11 is 13.8. The number of anilines is 4. The van der Waals surface area contributed by atoms with Crippen LogP contribution in [0.5, 0.6) is 0 Å². The quantitative estimate of drug-likeness (QED) is 0.265. The number of aromatic nitrogens is 2. The van der Waals surface area contributed by atoms with Crippen molar-refractivity contribution in [1.29, 1.82) is 0 Å². The summed E-state index contributed by atoms with van der Waals surface area (Å²) in [7, 11) is 0. The van der Waals surface area contributed by atoms with Crippen LogP contribution in [0.2, 0.25) is 10.0 Å². The molecule has 0 saturated carbocycles. The Kier molecular flexibility index (Phi) is 6.26. The summed E-state index contributed by atoms with van der Waals surface area (Å²) in [4.78, 5) is 9.97. The van der Waals surface area contributed by atoms with Crippen LogP contribution in [0.25, 0.3) is 20.4 Å². The Morgan fingerprint density at radius 1 is 0.515 bits per heavy atom. The van der Waals surface area contributed by atoms with Gasteiger partial charge in [-0.25, -0.2) is 9.97 Å². The molecule has 0 atom stereocenters. The van der Waals surface area contributed by atoms with Gasteiger partial charge in [0.2, 0.25) is 0 Å². The predicted octanol–water partition coefficient (Wildman–Crippen LogP) is 8.76. The summed E-state index contributed by atoms with van der Waals surface area (Å²) in [5.41, 5.74) is 3.39. The number of hydrogen-bond donors (Lipinski definition) is 2. The molecule has 5 rings (SSSR count). The Morgan fingerprint density at radius 3 is 1.33 bits per heavy atom. The van der Waals surface area contributed by atoms with Crippen LogP contribution >= 0.6 is 34.5 Å². The summed E-state index contributed by atoms with van der Waals surface area (Å²) < 4.78 is 2.09. The van der Waals surface area contributed by atoms with E-state index in [2.05, 4.69) is 22.8 Å². The van der Waals surface area contributed by atoms with Gasteiger partial charge in [-0.15, -0.1) is 11.3 Å². The molecule has 0 unspecified atom stereocenters. The highest BCUT2D eigenvalue weighted by molar-refractivity contribution is 7.24. The number of fused-ring (bicyclic) bond motifs is 2. The Balaban J connectivity index is 1.79. The fourth-order valence-corrected chi connectivity index (χ4v) is 4.47. The molecule has 1 heterocycles. The van der Waals surface area contributed by atoms with Gasteiger partial charge in [0.25, 0.3) is 0 Å². The molecule has 7 heteroatoms. The van der Waals surface area contributed by atoms with Crippen LogP contribution in [0, 0.1) is 0 Å². The number of hydrogen-bond acceptors (Lipinski definition) is 5. The van der Waals surface area contributed by atoms with Crippen molar-refractivity contribution in [3.05, 3.63) is 107 Å². The molecular formula is C26H18Cl2N4S. The topological polar surface area (TPSA) is 49.8 Å². The van der Waals surface area contributed by atoms with Crippen LogP contribution in [0.15, 0.2) is 97.1 Å². The molecular weight excluding hydrogens is 471 g/mol. The first-order valence-electron chi connectivity index (χ1n) is 10.2. The normalized spacial score (nSPS) is 10.7. The van der Waals surface area contributed by atoms with Gasteiger partial charge in [-0.3, -0.25) is 0 Å². The fraction of sp³-hybridized carbons (Fsp3) is 0. The first kappa shape index (κ1) is 21.5. The van der Waals surface area contributed by atoms with Crippen molar-refractivity contribution in [3.63, 3.8) is 0 Å². The summed E-state index contributed by atoms with van der Waals surface area (Å²) in [5.74, 6) is 1.16. The van der Waals surface area contributed by atoms with Crippen molar-refractivity contribution in [3.8, 4) is 0 Å². The van der Waals surface area contributed by atoms with E-state index in [0.29, 0.717) is 21.7 Å². The zero-order valence-corrected chi connectivity index (χ0v) is 19.6. The van der Waals surface area contributed by atoms with Gasteiger partial charge in [-0.1, -0.05) is 47.5 Å². The molecule has 0 amide bonds. The first-order valence-corrected chi connectivity index (χ1v) is 11.8. The van der Waals surface area contributed by atoms with E-state index in [1.54, 1.807) is 11.3 Å². The third-order valence-corrected chi connectivity index (χ3v) is 6.49. The zero-order chi connectivity index (χ0) is 22.6. The van der Waals surface area contributed by atoms with Crippen molar-refractivity contribution < 1.29 is 0 Å². The molecule has 0 aliphatic carbocycles. The van der Waals surface area contributed by atoms with Crippen LogP contribution < -0.4 is 10.6 Å². The molecule has 0 fully saturated rings. The summed E-state index contributed by atoms with van der Waals surface area (Å²) in [6.07, 6.45) is 0. The largest absolute Gasteiger partial charge is 0.337 e. The molecule has 2 N–H and O–H groups in total. The number of nitrogens with zero attached hydrogens (tertiary/aromatic N) is 2. The number of para-hydroxylation sites is 2. The Morgan fingerprint density at radius 2 is 0.909 bits per heavy atom. The van der Waals surface area contributed by atoms with Crippen LogP contribution in [0.1, 0.15) is 0 Å². The Bertz CT molecular complexity index is 1370. The van der Waals surface area contributed by atoms with E-state index in [1.165, 1.54) is 0 Å². The predicted molar refractivity (Wildman–Crippen MR) is 142 cm³/mol. The van der Waals surface area contributed by atoms with Crippen molar-refractivity contribution in [2.45, 2.75) is 0 Å². The Hall–Kier alpha value is -3.38. The number of halogens is 2. The third-order valence-electron chi connectivity index (χ3n) is 4.85. The van der Waals surface area contributed by atoms with E-state index in [4.69, 9.17) is 33.2 Å². The van der Waals surface area contributed by atoms with Crippen LogP contribution in [-0.2, 0) is 0 Å². The van der Waals surface area contributed by atoms with E-state index < -0.39 is 0 Å². The monoisotopic (exact) mass is 488 g/mol. The fourth-order valence-electron chi connectivity index (χ4n) is 3.25. The van der Waals surface area contributed by atoms with Gasteiger partial charge in [-0.2, -0.15) is 0 Å². The number of rotatable bonds is 4. The van der Waals surface area contributed by atoms with Crippen LogP contribution in [0.3, 0.4) is 0 Å². The maximum absolute atomic E-state index is 6.09. The van der Waals surface area contributed by atoms with Crippen LogP contribution in [0.4, 0.5) is 23.0 Å². The van der Waals surface area contributed by atoms with E-state index in [1.807, 2.05) is 84.9 Å². The van der Waals surface area contributed by atoms with Crippen molar-refractivity contribution in [2.24, 2.45) is 0 Å². The first-order chi connectivity index (χ1) is 16.1. The van der Waals surface area contributed by atoms with Gasteiger partial charge in [0.1, 0.15) is 0 Å². The molecule has 5 aromatic rings. The van der Waals surface area contributed by atoms with Crippen molar-refractivity contribution >= 4 is 78.0 Å². The maximum atomic E-state index is 6.09. The van der Waals surface area contributed by atoms with E-state index in [9.17, 15) is 0 Å². The minimum Gasteiger partial charge on any atom is -0.337 e. The summed E-state index contributed by atoms with van der Waals surface area (Å²) in [5, 5.41) is 8.17. The molecule has 1 aromatic heterocycles. The van der Waals surface area contributed by atoms with Gasteiger partial charge in [0.15, 0.2) is 11.6 Å². The molecule has 0 saturated heterocycles. The average Bonchev–Trinajstić information content (AvgIpc) is 2.89. The lowest BCUT2D eigenvalue weighted by molar-refractivity contribution is 1.31. The average molecular weight is 489 g/mol. The number of nitrogens with one attached hydrogen (secondary N) is 2. The highest BCUT2D eigenvalue weighted by Gasteiger charge is 2.09.